The van der Waals surface area contributed by atoms with Crippen molar-refractivity contribution in [2.75, 3.05) is 11.9 Å². The fourth-order valence-electron chi connectivity index (χ4n) is 4.94. The molecule has 0 saturated heterocycles. The molecule has 1 heterocycles. The lowest BCUT2D eigenvalue weighted by Crippen LogP contribution is -2.27. The number of rotatable bonds is 9. The van der Waals surface area contributed by atoms with E-state index in [4.69, 9.17) is 5.11 Å². The Kier molecular flexibility index (Phi) is 7.86. The Morgan fingerprint density at radius 3 is 2.41 bits per heavy atom. The van der Waals surface area contributed by atoms with E-state index in [9.17, 15) is 9.59 Å². The molecule has 0 bridgehead atoms. The molecule has 0 spiro atoms. The van der Waals surface area contributed by atoms with Crippen molar-refractivity contribution in [3.63, 3.8) is 0 Å². The monoisotopic (exact) mass is 456 g/mol. The Morgan fingerprint density at radius 2 is 1.72 bits per heavy atom. The Balaban J connectivity index is 1.23. The van der Waals surface area contributed by atoms with E-state index >= 15 is 0 Å². The van der Waals surface area contributed by atoms with Crippen LogP contribution in [0.3, 0.4) is 0 Å². The van der Waals surface area contributed by atoms with E-state index in [1.165, 1.54) is 42.6 Å². The van der Waals surface area contributed by atoms with Gasteiger partial charge in [0.25, 0.3) is 5.91 Å². The standard InChI is InChI=1S/C24H32N4O3S/c29-22(30)15-16-5-7-17(8-6-16)18-9-11-19(12-10-18)23(31)26-24-28-27-21(32-24)13-14-25-20-3-1-2-4-20/h9-12,16-17,20,25H,1-8,13-15H2,(H,29,30)(H,26,28,31). The normalized spacial score (nSPS) is 21.5. The number of anilines is 1. The van der Waals surface area contributed by atoms with Gasteiger partial charge in [0.15, 0.2) is 0 Å². The van der Waals surface area contributed by atoms with Gasteiger partial charge in [0.05, 0.1) is 0 Å². The summed E-state index contributed by atoms with van der Waals surface area (Å²) in [6, 6.07) is 8.42. The average molecular weight is 457 g/mol. The summed E-state index contributed by atoms with van der Waals surface area (Å²) < 4.78 is 0. The smallest absolute Gasteiger partial charge is 0.303 e. The van der Waals surface area contributed by atoms with Crippen LogP contribution in [0.2, 0.25) is 0 Å². The quantitative estimate of drug-likeness (QED) is 0.509. The van der Waals surface area contributed by atoms with Crippen LogP contribution in [0, 0.1) is 5.92 Å². The first-order valence-corrected chi connectivity index (χ1v) is 12.6. The number of benzene rings is 1. The molecule has 4 rings (SSSR count). The van der Waals surface area contributed by atoms with Crippen LogP contribution in [-0.4, -0.2) is 39.8 Å². The fourth-order valence-corrected chi connectivity index (χ4v) is 5.68. The second kappa shape index (κ2) is 11.0. The molecule has 2 aromatic rings. The van der Waals surface area contributed by atoms with E-state index in [1.807, 2.05) is 24.3 Å². The molecule has 8 heteroatoms. The predicted octanol–water partition coefficient (Wildman–Crippen LogP) is 4.61. The Morgan fingerprint density at radius 1 is 1.00 bits per heavy atom. The van der Waals surface area contributed by atoms with Crippen molar-refractivity contribution in [3.05, 3.63) is 40.4 Å². The largest absolute Gasteiger partial charge is 0.481 e. The minimum absolute atomic E-state index is 0.173. The summed E-state index contributed by atoms with van der Waals surface area (Å²) in [5.41, 5.74) is 1.83. The zero-order chi connectivity index (χ0) is 22.3. The van der Waals surface area contributed by atoms with Crippen LogP contribution < -0.4 is 10.6 Å². The lowest BCUT2D eigenvalue weighted by Gasteiger charge is -2.28. The molecule has 3 N–H and O–H groups in total. The van der Waals surface area contributed by atoms with Crippen LogP contribution in [-0.2, 0) is 11.2 Å². The van der Waals surface area contributed by atoms with Crippen LogP contribution in [0.5, 0.6) is 0 Å². The molecule has 0 radical (unpaired) electrons. The Hall–Kier alpha value is -2.32. The summed E-state index contributed by atoms with van der Waals surface area (Å²) in [6.45, 7) is 0.896. The van der Waals surface area contributed by atoms with Crippen molar-refractivity contribution < 1.29 is 14.7 Å². The molecule has 2 fully saturated rings. The summed E-state index contributed by atoms with van der Waals surface area (Å²) in [5.74, 6) is -0.134. The molecular formula is C24H32N4O3S. The van der Waals surface area contributed by atoms with Crippen molar-refractivity contribution in [2.45, 2.75) is 76.2 Å². The molecule has 1 aromatic heterocycles. The summed E-state index contributed by atoms with van der Waals surface area (Å²) >= 11 is 1.43. The first-order chi connectivity index (χ1) is 15.6. The maximum absolute atomic E-state index is 12.6. The molecule has 2 aliphatic rings. The number of aliphatic carboxylic acids is 1. The molecule has 2 aliphatic carbocycles. The highest BCUT2D eigenvalue weighted by Crippen LogP contribution is 2.37. The van der Waals surface area contributed by atoms with Gasteiger partial charge in [-0.05, 0) is 68.1 Å². The summed E-state index contributed by atoms with van der Waals surface area (Å²) in [5, 5.41) is 25.2. The van der Waals surface area contributed by atoms with Crippen molar-refractivity contribution in [1.82, 2.24) is 15.5 Å². The van der Waals surface area contributed by atoms with Gasteiger partial charge in [-0.3, -0.25) is 14.9 Å². The van der Waals surface area contributed by atoms with Gasteiger partial charge >= 0.3 is 5.97 Å². The molecule has 172 valence electrons. The van der Waals surface area contributed by atoms with E-state index in [2.05, 4.69) is 20.8 Å². The highest BCUT2D eigenvalue weighted by atomic mass is 32.1. The van der Waals surface area contributed by atoms with Crippen LogP contribution in [0.15, 0.2) is 24.3 Å². The number of carbonyl (C=O) groups excluding carboxylic acids is 1. The van der Waals surface area contributed by atoms with Crippen molar-refractivity contribution in [2.24, 2.45) is 5.92 Å². The van der Waals surface area contributed by atoms with Gasteiger partial charge in [-0.15, -0.1) is 10.2 Å². The molecule has 1 aromatic carbocycles. The molecule has 32 heavy (non-hydrogen) atoms. The first-order valence-electron chi connectivity index (χ1n) is 11.8. The number of carbonyl (C=O) groups is 2. The third-order valence-electron chi connectivity index (χ3n) is 6.77. The minimum atomic E-state index is -0.702. The Bertz CT molecular complexity index is 900. The van der Waals surface area contributed by atoms with Gasteiger partial charge in [-0.1, -0.05) is 36.3 Å². The van der Waals surface area contributed by atoms with Crippen LogP contribution >= 0.6 is 11.3 Å². The van der Waals surface area contributed by atoms with Gasteiger partial charge in [-0.2, -0.15) is 0 Å². The third-order valence-corrected chi connectivity index (χ3v) is 7.67. The number of hydrogen-bond acceptors (Lipinski definition) is 6. The minimum Gasteiger partial charge on any atom is -0.481 e. The third kappa shape index (κ3) is 6.36. The topological polar surface area (TPSA) is 104 Å². The van der Waals surface area contributed by atoms with Crippen molar-refractivity contribution >= 4 is 28.3 Å². The van der Waals surface area contributed by atoms with Crippen molar-refractivity contribution in [1.29, 1.82) is 0 Å². The maximum atomic E-state index is 12.6. The van der Waals surface area contributed by atoms with Crippen LogP contribution in [0.25, 0.3) is 0 Å². The fraction of sp³-hybridized carbons (Fsp3) is 0.583. The number of carboxylic acids is 1. The van der Waals surface area contributed by atoms with E-state index in [0.717, 1.165) is 43.7 Å². The summed E-state index contributed by atoms with van der Waals surface area (Å²) in [4.78, 5) is 23.5. The molecule has 0 aliphatic heterocycles. The summed E-state index contributed by atoms with van der Waals surface area (Å²) in [7, 11) is 0. The molecule has 0 unspecified atom stereocenters. The molecule has 2 saturated carbocycles. The van der Waals surface area contributed by atoms with Gasteiger partial charge in [0.2, 0.25) is 5.13 Å². The molecule has 1 amide bonds. The van der Waals surface area contributed by atoms with Crippen LogP contribution in [0.4, 0.5) is 5.13 Å². The second-order valence-electron chi connectivity index (χ2n) is 9.08. The highest BCUT2D eigenvalue weighted by Gasteiger charge is 2.24. The molecule has 7 nitrogen and oxygen atoms in total. The average Bonchev–Trinajstić information content (AvgIpc) is 3.46. The first kappa shape index (κ1) is 22.9. The predicted molar refractivity (Wildman–Crippen MR) is 125 cm³/mol. The number of hydrogen-bond donors (Lipinski definition) is 3. The Labute approximate surface area is 193 Å². The maximum Gasteiger partial charge on any atom is 0.303 e. The zero-order valence-corrected chi connectivity index (χ0v) is 19.2. The molecule has 0 atom stereocenters. The highest BCUT2D eigenvalue weighted by molar-refractivity contribution is 7.15. The second-order valence-corrected chi connectivity index (χ2v) is 10.1. The number of nitrogens with one attached hydrogen (secondary N) is 2. The van der Waals surface area contributed by atoms with Crippen LogP contribution in [0.1, 0.15) is 84.6 Å². The van der Waals surface area contributed by atoms with E-state index in [0.29, 0.717) is 28.6 Å². The zero-order valence-electron chi connectivity index (χ0n) is 18.4. The SMILES string of the molecule is O=C(O)CC1CCC(c2ccc(C(=O)Nc3nnc(CCNC4CCCC4)s3)cc2)CC1. The lowest BCUT2D eigenvalue weighted by molar-refractivity contribution is -0.138. The van der Waals surface area contributed by atoms with E-state index < -0.39 is 5.97 Å². The van der Waals surface area contributed by atoms with Gasteiger partial charge in [0.1, 0.15) is 5.01 Å². The van der Waals surface area contributed by atoms with Gasteiger partial charge < -0.3 is 10.4 Å². The number of carboxylic acid groups (broad SMARTS) is 1. The van der Waals surface area contributed by atoms with Gasteiger partial charge in [-0.25, -0.2) is 0 Å². The number of nitrogens with zero attached hydrogens (tertiary/aromatic N) is 2. The number of aromatic nitrogens is 2. The van der Waals surface area contributed by atoms with E-state index in [-0.39, 0.29) is 12.3 Å². The molecular weight excluding hydrogens is 424 g/mol. The lowest BCUT2D eigenvalue weighted by atomic mass is 9.77. The summed E-state index contributed by atoms with van der Waals surface area (Å²) in [6.07, 6.45) is 10.2. The van der Waals surface area contributed by atoms with Crippen molar-refractivity contribution in [3.8, 4) is 0 Å². The van der Waals surface area contributed by atoms with Gasteiger partial charge in [0, 0.05) is 31.0 Å². The number of amides is 1. The van der Waals surface area contributed by atoms with E-state index in [1.54, 1.807) is 0 Å².